The largest absolute Gasteiger partial charge is 0.352 e. The maximum atomic E-state index is 13.0. The summed E-state index contributed by atoms with van der Waals surface area (Å²) in [6.07, 6.45) is 3.05. The molecular weight excluding hydrogens is 386 g/mol. The second-order valence-electron chi connectivity index (χ2n) is 8.07. The van der Waals surface area contributed by atoms with Crippen molar-refractivity contribution in [2.75, 3.05) is 13.1 Å². The lowest BCUT2D eigenvalue weighted by Gasteiger charge is -2.31. The Balaban J connectivity index is 1.31. The summed E-state index contributed by atoms with van der Waals surface area (Å²) < 4.78 is 0. The fraction of sp³-hybridized carbons (Fsp3) is 0.269. The second kappa shape index (κ2) is 9.56. The van der Waals surface area contributed by atoms with Crippen LogP contribution in [0.2, 0.25) is 0 Å². The zero-order valence-electron chi connectivity index (χ0n) is 17.8. The molecule has 0 saturated carbocycles. The average Bonchev–Trinajstić information content (AvgIpc) is 2.84. The van der Waals surface area contributed by atoms with E-state index in [4.69, 9.17) is 0 Å². The van der Waals surface area contributed by atoms with E-state index in [9.17, 15) is 9.59 Å². The number of carbonyl (C=O) groups is 2. The van der Waals surface area contributed by atoms with E-state index in [0.717, 1.165) is 16.8 Å². The number of carbonyl (C=O) groups excluding carboxylic acids is 2. The number of likely N-dealkylation sites (tertiary alicyclic amines) is 1. The van der Waals surface area contributed by atoms with Gasteiger partial charge in [0.15, 0.2) is 0 Å². The molecule has 5 nitrogen and oxygen atoms in total. The minimum Gasteiger partial charge on any atom is -0.352 e. The number of aromatic nitrogens is 1. The Bertz CT molecular complexity index is 1040. The number of piperidine rings is 1. The average molecular weight is 414 g/mol. The highest BCUT2D eigenvalue weighted by Gasteiger charge is 2.27. The second-order valence-corrected chi connectivity index (χ2v) is 8.07. The van der Waals surface area contributed by atoms with Gasteiger partial charge < -0.3 is 10.2 Å². The molecule has 2 aromatic carbocycles. The van der Waals surface area contributed by atoms with Crippen LogP contribution in [-0.4, -0.2) is 34.8 Å². The van der Waals surface area contributed by atoms with Crippen LogP contribution in [-0.2, 0) is 11.3 Å². The van der Waals surface area contributed by atoms with E-state index in [0.29, 0.717) is 38.0 Å². The quantitative estimate of drug-likeness (QED) is 0.681. The first kappa shape index (κ1) is 20.8. The van der Waals surface area contributed by atoms with Gasteiger partial charge in [-0.1, -0.05) is 60.2 Å². The van der Waals surface area contributed by atoms with Gasteiger partial charge in [0.25, 0.3) is 5.91 Å². The predicted octanol–water partition coefficient (Wildman–Crippen LogP) is 4.23. The Hall–Kier alpha value is -3.47. The molecule has 0 radical (unpaired) electrons. The van der Waals surface area contributed by atoms with Crippen molar-refractivity contribution < 1.29 is 9.59 Å². The van der Waals surface area contributed by atoms with Crippen LogP contribution in [0.15, 0.2) is 72.9 Å². The van der Waals surface area contributed by atoms with Gasteiger partial charge in [-0.15, -0.1) is 0 Å². The van der Waals surface area contributed by atoms with Gasteiger partial charge in [0.1, 0.15) is 0 Å². The molecule has 0 atom stereocenters. The zero-order valence-corrected chi connectivity index (χ0v) is 17.8. The molecule has 1 aromatic heterocycles. The summed E-state index contributed by atoms with van der Waals surface area (Å²) in [6.45, 7) is 3.76. The summed E-state index contributed by atoms with van der Waals surface area (Å²) in [6, 6.07) is 21.6. The van der Waals surface area contributed by atoms with E-state index >= 15 is 0 Å². The van der Waals surface area contributed by atoms with Crippen molar-refractivity contribution >= 4 is 11.8 Å². The van der Waals surface area contributed by atoms with Crippen LogP contribution in [0.5, 0.6) is 0 Å². The summed E-state index contributed by atoms with van der Waals surface area (Å²) in [7, 11) is 0. The van der Waals surface area contributed by atoms with Gasteiger partial charge in [0.2, 0.25) is 5.91 Å². The van der Waals surface area contributed by atoms with Gasteiger partial charge in [-0.2, -0.15) is 0 Å². The first-order valence-electron chi connectivity index (χ1n) is 10.7. The molecule has 1 saturated heterocycles. The summed E-state index contributed by atoms with van der Waals surface area (Å²) in [5.74, 6) is 0.0212. The molecule has 1 fully saturated rings. The summed E-state index contributed by atoms with van der Waals surface area (Å²) in [5.41, 5.74) is 4.71. The molecule has 4 rings (SSSR count). The molecule has 3 aromatic rings. The van der Waals surface area contributed by atoms with Gasteiger partial charge >= 0.3 is 0 Å². The number of hydrogen-bond acceptors (Lipinski definition) is 3. The van der Waals surface area contributed by atoms with Crippen LogP contribution in [0.3, 0.4) is 0 Å². The smallest absolute Gasteiger partial charge is 0.253 e. The Labute approximate surface area is 183 Å². The van der Waals surface area contributed by atoms with Crippen molar-refractivity contribution in [2.24, 2.45) is 5.92 Å². The normalized spacial score (nSPS) is 14.3. The number of pyridine rings is 1. The summed E-state index contributed by atoms with van der Waals surface area (Å²) >= 11 is 0. The number of rotatable bonds is 5. The Morgan fingerprint density at radius 1 is 1.00 bits per heavy atom. The zero-order chi connectivity index (χ0) is 21.6. The minimum atomic E-state index is -0.0492. The molecule has 0 spiro atoms. The fourth-order valence-electron chi connectivity index (χ4n) is 3.90. The van der Waals surface area contributed by atoms with E-state index in [1.165, 1.54) is 5.56 Å². The van der Waals surface area contributed by atoms with E-state index in [1.807, 2.05) is 72.5 Å². The maximum Gasteiger partial charge on any atom is 0.253 e. The molecule has 158 valence electrons. The van der Waals surface area contributed by atoms with Crippen molar-refractivity contribution in [3.63, 3.8) is 0 Å². The van der Waals surface area contributed by atoms with Crippen LogP contribution in [0.25, 0.3) is 11.3 Å². The number of benzene rings is 2. The van der Waals surface area contributed by atoms with E-state index in [1.54, 1.807) is 12.3 Å². The monoisotopic (exact) mass is 413 g/mol. The molecule has 1 N–H and O–H groups in total. The molecule has 1 aliphatic rings. The number of nitrogens with zero attached hydrogens (tertiary/aromatic N) is 2. The van der Waals surface area contributed by atoms with Crippen LogP contribution in [0.1, 0.15) is 34.3 Å². The standard InChI is InChI=1S/C26H27N3O2/c1-19-7-9-20(10-8-19)18-28-25(30)22-12-15-29(16-13-22)26(31)23-11-14-27-24(17-23)21-5-3-2-4-6-21/h2-11,14,17,22H,12-13,15-16,18H2,1H3,(H,28,30). The number of aryl methyl sites for hydroxylation is 1. The highest BCUT2D eigenvalue weighted by Crippen LogP contribution is 2.22. The third-order valence-electron chi connectivity index (χ3n) is 5.82. The van der Waals surface area contributed by atoms with Crippen molar-refractivity contribution in [3.05, 3.63) is 89.6 Å². The lowest BCUT2D eigenvalue weighted by Crippen LogP contribution is -2.42. The predicted molar refractivity (Wildman–Crippen MR) is 121 cm³/mol. The Kier molecular flexibility index (Phi) is 6.41. The van der Waals surface area contributed by atoms with E-state index in [2.05, 4.69) is 10.3 Å². The van der Waals surface area contributed by atoms with E-state index in [-0.39, 0.29) is 17.7 Å². The summed E-state index contributed by atoms with van der Waals surface area (Å²) in [5, 5.41) is 3.04. The lowest BCUT2D eigenvalue weighted by atomic mass is 9.95. The molecule has 5 heteroatoms. The van der Waals surface area contributed by atoms with Gasteiger partial charge in [-0.05, 0) is 37.5 Å². The molecule has 0 unspecified atom stereocenters. The van der Waals surface area contributed by atoms with Gasteiger partial charge in [-0.25, -0.2) is 0 Å². The number of nitrogens with one attached hydrogen (secondary N) is 1. The molecule has 0 bridgehead atoms. The first-order chi connectivity index (χ1) is 15.1. The van der Waals surface area contributed by atoms with Crippen molar-refractivity contribution in [1.82, 2.24) is 15.2 Å². The van der Waals surface area contributed by atoms with Gasteiger partial charge in [0, 0.05) is 42.9 Å². The number of hydrogen-bond donors (Lipinski definition) is 1. The molecule has 2 heterocycles. The molecule has 0 aliphatic carbocycles. The molecule has 31 heavy (non-hydrogen) atoms. The van der Waals surface area contributed by atoms with Crippen LogP contribution >= 0.6 is 0 Å². The van der Waals surface area contributed by atoms with Crippen molar-refractivity contribution in [3.8, 4) is 11.3 Å². The summed E-state index contributed by atoms with van der Waals surface area (Å²) in [4.78, 5) is 31.8. The SMILES string of the molecule is Cc1ccc(CNC(=O)C2CCN(C(=O)c3ccnc(-c4ccccc4)c3)CC2)cc1. The van der Waals surface area contributed by atoms with Crippen LogP contribution in [0.4, 0.5) is 0 Å². The van der Waals surface area contributed by atoms with Crippen LogP contribution in [0, 0.1) is 12.8 Å². The molecule has 1 aliphatic heterocycles. The van der Waals surface area contributed by atoms with E-state index < -0.39 is 0 Å². The van der Waals surface area contributed by atoms with Gasteiger partial charge in [-0.3, -0.25) is 14.6 Å². The first-order valence-corrected chi connectivity index (χ1v) is 10.7. The third-order valence-corrected chi connectivity index (χ3v) is 5.82. The van der Waals surface area contributed by atoms with Crippen LogP contribution < -0.4 is 5.32 Å². The maximum absolute atomic E-state index is 13.0. The Morgan fingerprint density at radius 3 is 2.42 bits per heavy atom. The Morgan fingerprint density at radius 2 is 1.71 bits per heavy atom. The van der Waals surface area contributed by atoms with Gasteiger partial charge in [0.05, 0.1) is 5.69 Å². The topological polar surface area (TPSA) is 62.3 Å². The highest BCUT2D eigenvalue weighted by molar-refractivity contribution is 5.95. The van der Waals surface area contributed by atoms with Crippen molar-refractivity contribution in [2.45, 2.75) is 26.3 Å². The van der Waals surface area contributed by atoms with Crippen molar-refractivity contribution in [1.29, 1.82) is 0 Å². The third kappa shape index (κ3) is 5.18. The molecule has 2 amide bonds. The fourth-order valence-corrected chi connectivity index (χ4v) is 3.90. The minimum absolute atomic E-state index is 0.00176. The number of amides is 2. The lowest BCUT2D eigenvalue weighted by molar-refractivity contribution is -0.126. The highest BCUT2D eigenvalue weighted by atomic mass is 16.2. The molecular formula is C26H27N3O2.